The first kappa shape index (κ1) is 15.3. The Morgan fingerprint density at radius 2 is 1.95 bits per heavy atom. The molecule has 0 spiro atoms. The van der Waals surface area contributed by atoms with Crippen LogP contribution in [0.15, 0.2) is 12.1 Å². The molecule has 0 amide bonds. The monoisotopic (exact) mass is 277 g/mol. The van der Waals surface area contributed by atoms with Gasteiger partial charge in [0.1, 0.15) is 5.75 Å². The molecule has 3 heteroatoms. The normalized spacial score (nSPS) is 26.7. The van der Waals surface area contributed by atoms with Gasteiger partial charge in [0.2, 0.25) is 0 Å². The van der Waals surface area contributed by atoms with Crippen LogP contribution in [0.4, 0.5) is 0 Å². The third-order valence-corrected chi connectivity index (χ3v) is 4.82. The number of aliphatic hydroxyl groups is 1. The van der Waals surface area contributed by atoms with Crippen LogP contribution in [-0.4, -0.2) is 22.9 Å². The highest BCUT2D eigenvalue weighted by atomic mass is 16.3. The molecule has 0 saturated heterocycles. The second-order valence-electron chi connectivity index (χ2n) is 6.58. The molecular weight excluding hydrogens is 250 g/mol. The van der Waals surface area contributed by atoms with Gasteiger partial charge in [-0.05, 0) is 43.9 Å². The Balaban J connectivity index is 1.94. The van der Waals surface area contributed by atoms with Crippen molar-refractivity contribution < 1.29 is 10.2 Å². The van der Waals surface area contributed by atoms with Crippen molar-refractivity contribution in [3.05, 3.63) is 28.8 Å². The lowest BCUT2D eigenvalue weighted by Gasteiger charge is -2.38. The van der Waals surface area contributed by atoms with Gasteiger partial charge in [0.05, 0.1) is 6.10 Å². The lowest BCUT2D eigenvalue weighted by molar-refractivity contribution is 0.00113. The molecule has 0 heterocycles. The minimum atomic E-state index is -0.211. The van der Waals surface area contributed by atoms with E-state index in [0.717, 1.165) is 36.9 Å². The van der Waals surface area contributed by atoms with Crippen LogP contribution >= 0.6 is 0 Å². The zero-order valence-corrected chi connectivity index (χ0v) is 12.9. The maximum Gasteiger partial charge on any atom is 0.120 e. The molecule has 2 rings (SSSR count). The van der Waals surface area contributed by atoms with Crippen molar-refractivity contribution in [1.29, 1.82) is 0 Å². The second kappa shape index (κ2) is 6.15. The maximum atomic E-state index is 10.2. The van der Waals surface area contributed by atoms with Crippen LogP contribution in [0.3, 0.4) is 0 Å². The number of aliphatic hydroxyl groups excluding tert-OH is 1. The van der Waals surface area contributed by atoms with E-state index in [0.29, 0.717) is 12.3 Å². The Kier molecular flexibility index (Phi) is 4.71. The second-order valence-corrected chi connectivity index (χ2v) is 6.58. The summed E-state index contributed by atoms with van der Waals surface area (Å²) in [6.45, 7) is 7.66. The highest BCUT2D eigenvalue weighted by molar-refractivity contribution is 5.40. The van der Waals surface area contributed by atoms with Crippen LogP contribution < -0.4 is 5.32 Å². The fourth-order valence-corrected chi connectivity index (χ4v) is 3.07. The minimum Gasteiger partial charge on any atom is -0.508 e. The molecule has 0 aliphatic heterocycles. The summed E-state index contributed by atoms with van der Waals surface area (Å²) in [5.41, 5.74) is 3.21. The number of hydrogen-bond donors (Lipinski definition) is 3. The molecule has 3 N–H and O–H groups in total. The first-order valence-corrected chi connectivity index (χ1v) is 7.60. The lowest BCUT2D eigenvalue weighted by Crippen LogP contribution is -2.43. The molecule has 2 atom stereocenters. The Bertz CT molecular complexity index is 472. The third-order valence-electron chi connectivity index (χ3n) is 4.82. The van der Waals surface area contributed by atoms with Crippen molar-refractivity contribution in [2.75, 3.05) is 6.54 Å². The fraction of sp³-hybridized carbons (Fsp3) is 0.647. The minimum absolute atomic E-state index is 0.0341. The van der Waals surface area contributed by atoms with Gasteiger partial charge in [-0.1, -0.05) is 25.8 Å². The SMILES string of the molecule is Cc1cc(O)c(CNCC2(C)CCCCC2O)cc1C. The predicted molar refractivity (Wildman–Crippen MR) is 81.9 cm³/mol. The van der Waals surface area contributed by atoms with E-state index < -0.39 is 0 Å². The molecule has 112 valence electrons. The first-order valence-electron chi connectivity index (χ1n) is 7.60. The Labute approximate surface area is 122 Å². The molecule has 0 radical (unpaired) electrons. The van der Waals surface area contributed by atoms with Gasteiger partial charge in [0.15, 0.2) is 0 Å². The lowest BCUT2D eigenvalue weighted by atomic mass is 9.73. The van der Waals surface area contributed by atoms with Crippen LogP contribution in [0.25, 0.3) is 0 Å². The zero-order valence-electron chi connectivity index (χ0n) is 12.9. The summed E-state index contributed by atoms with van der Waals surface area (Å²) in [5.74, 6) is 0.356. The number of benzene rings is 1. The van der Waals surface area contributed by atoms with E-state index in [1.54, 1.807) is 0 Å². The van der Waals surface area contributed by atoms with E-state index >= 15 is 0 Å². The molecule has 1 fully saturated rings. The molecule has 1 aromatic rings. The van der Waals surface area contributed by atoms with Crippen molar-refractivity contribution >= 4 is 0 Å². The molecule has 1 aliphatic carbocycles. The van der Waals surface area contributed by atoms with Crippen LogP contribution in [-0.2, 0) is 6.54 Å². The topological polar surface area (TPSA) is 52.5 Å². The average Bonchev–Trinajstić information content (AvgIpc) is 2.39. The summed E-state index contributed by atoms with van der Waals surface area (Å²) in [6, 6.07) is 3.86. The van der Waals surface area contributed by atoms with Gasteiger partial charge >= 0.3 is 0 Å². The molecule has 2 unspecified atom stereocenters. The van der Waals surface area contributed by atoms with Crippen LogP contribution in [0.5, 0.6) is 5.75 Å². The zero-order chi connectivity index (χ0) is 14.8. The maximum absolute atomic E-state index is 10.2. The van der Waals surface area contributed by atoms with Crippen molar-refractivity contribution in [2.24, 2.45) is 5.41 Å². The Morgan fingerprint density at radius 1 is 1.25 bits per heavy atom. The van der Waals surface area contributed by atoms with Gasteiger partial charge in [-0.25, -0.2) is 0 Å². The fourth-order valence-electron chi connectivity index (χ4n) is 3.07. The molecule has 0 bridgehead atoms. The summed E-state index contributed by atoms with van der Waals surface area (Å²) in [6.07, 6.45) is 4.10. The van der Waals surface area contributed by atoms with Gasteiger partial charge in [-0.15, -0.1) is 0 Å². The largest absolute Gasteiger partial charge is 0.508 e. The first-order chi connectivity index (χ1) is 9.42. The van der Waals surface area contributed by atoms with Crippen LogP contribution in [0, 0.1) is 19.3 Å². The average molecular weight is 277 g/mol. The van der Waals surface area contributed by atoms with Crippen molar-refractivity contribution in [3.8, 4) is 5.75 Å². The highest BCUT2D eigenvalue weighted by Crippen LogP contribution is 2.35. The molecule has 3 nitrogen and oxygen atoms in total. The van der Waals surface area contributed by atoms with E-state index in [2.05, 4.69) is 19.2 Å². The van der Waals surface area contributed by atoms with Gasteiger partial charge < -0.3 is 15.5 Å². The quantitative estimate of drug-likeness (QED) is 0.793. The number of aromatic hydroxyl groups is 1. The summed E-state index contributed by atoms with van der Waals surface area (Å²) < 4.78 is 0. The van der Waals surface area contributed by atoms with Crippen molar-refractivity contribution in [1.82, 2.24) is 5.32 Å². The Morgan fingerprint density at radius 3 is 2.65 bits per heavy atom. The molecule has 0 aromatic heterocycles. The van der Waals surface area contributed by atoms with Crippen molar-refractivity contribution in [3.63, 3.8) is 0 Å². The van der Waals surface area contributed by atoms with Gasteiger partial charge in [-0.3, -0.25) is 0 Å². The molecule has 20 heavy (non-hydrogen) atoms. The number of phenols is 1. The standard InChI is InChI=1S/C17H27NO2/c1-12-8-14(15(19)9-13(12)2)10-18-11-17(3)7-5-4-6-16(17)20/h8-9,16,18-20H,4-7,10-11H2,1-3H3. The highest BCUT2D eigenvalue weighted by Gasteiger charge is 2.34. The van der Waals surface area contributed by atoms with E-state index in [9.17, 15) is 10.2 Å². The summed E-state index contributed by atoms with van der Waals surface area (Å²) >= 11 is 0. The number of phenolic OH excluding ortho intramolecular Hbond substituents is 1. The van der Waals surface area contributed by atoms with Gasteiger partial charge in [0.25, 0.3) is 0 Å². The van der Waals surface area contributed by atoms with Crippen LogP contribution in [0.1, 0.15) is 49.3 Å². The van der Waals surface area contributed by atoms with Gasteiger partial charge in [0, 0.05) is 24.1 Å². The molecular formula is C17H27NO2. The summed E-state index contributed by atoms with van der Waals surface area (Å²) in [7, 11) is 0. The number of aryl methyl sites for hydroxylation is 2. The van der Waals surface area contributed by atoms with E-state index in [-0.39, 0.29) is 11.5 Å². The Hall–Kier alpha value is -1.06. The van der Waals surface area contributed by atoms with Crippen LogP contribution in [0.2, 0.25) is 0 Å². The number of hydrogen-bond acceptors (Lipinski definition) is 3. The van der Waals surface area contributed by atoms with Gasteiger partial charge in [-0.2, -0.15) is 0 Å². The smallest absolute Gasteiger partial charge is 0.120 e. The number of rotatable bonds is 4. The van der Waals surface area contributed by atoms with E-state index in [4.69, 9.17) is 0 Å². The molecule has 1 aromatic carbocycles. The molecule has 1 aliphatic rings. The summed E-state index contributed by atoms with van der Waals surface area (Å²) in [5, 5.41) is 23.6. The third kappa shape index (κ3) is 3.33. The van der Waals surface area contributed by atoms with E-state index in [1.807, 2.05) is 19.1 Å². The molecule has 1 saturated carbocycles. The predicted octanol–water partition coefficient (Wildman–Crippen LogP) is 3.04. The van der Waals surface area contributed by atoms with E-state index in [1.165, 1.54) is 12.0 Å². The number of nitrogens with one attached hydrogen (secondary N) is 1. The summed E-state index contributed by atoms with van der Waals surface area (Å²) in [4.78, 5) is 0. The van der Waals surface area contributed by atoms with Crippen molar-refractivity contribution in [2.45, 2.75) is 59.1 Å².